The highest BCUT2D eigenvalue weighted by Gasteiger charge is 2.19. The van der Waals surface area contributed by atoms with Crippen molar-refractivity contribution in [2.45, 2.75) is 33.1 Å². The predicted octanol–water partition coefficient (Wildman–Crippen LogP) is 8.05. The third-order valence-electron chi connectivity index (χ3n) is 5.69. The minimum absolute atomic E-state index is 0.0527. The van der Waals surface area contributed by atoms with Crippen LogP contribution in [0.4, 0.5) is 0 Å². The van der Waals surface area contributed by atoms with Gasteiger partial charge in [0.25, 0.3) is 0 Å². The standard InChI is InChI=1S/C29H29ClO3/c1-3-17-32-26-13-10-20-7-5-6-8-23(20)28(26)29-24-12-9-22(25(31)15-16-30)19-21(24)11-14-27(29)33-18-4-2/h5-14,19H,3-4,15-18H2,1-2H3. The van der Waals surface area contributed by atoms with Gasteiger partial charge in [-0.25, -0.2) is 0 Å². The van der Waals surface area contributed by atoms with Gasteiger partial charge in [0.2, 0.25) is 0 Å². The molecule has 0 saturated heterocycles. The molecular formula is C29H29ClO3. The van der Waals surface area contributed by atoms with E-state index in [1.807, 2.05) is 42.5 Å². The third-order valence-corrected chi connectivity index (χ3v) is 5.88. The predicted molar refractivity (Wildman–Crippen MR) is 138 cm³/mol. The number of hydrogen-bond donors (Lipinski definition) is 0. The molecule has 0 heterocycles. The zero-order valence-corrected chi connectivity index (χ0v) is 20.0. The van der Waals surface area contributed by atoms with Gasteiger partial charge in [0.1, 0.15) is 11.5 Å². The molecule has 0 aliphatic heterocycles. The Morgan fingerprint density at radius 1 is 0.758 bits per heavy atom. The average molecular weight is 461 g/mol. The molecule has 0 aromatic heterocycles. The SMILES string of the molecule is CCCOc1ccc2ccccc2c1-c1c(OCCC)ccc2cc(C(=O)CCCl)ccc12. The number of benzene rings is 4. The van der Waals surface area contributed by atoms with Crippen LogP contribution in [0.25, 0.3) is 32.7 Å². The number of hydrogen-bond acceptors (Lipinski definition) is 3. The molecule has 4 aromatic rings. The number of carbonyl (C=O) groups excluding carboxylic acids is 1. The minimum atomic E-state index is 0.0527. The van der Waals surface area contributed by atoms with E-state index < -0.39 is 0 Å². The smallest absolute Gasteiger partial charge is 0.164 e. The van der Waals surface area contributed by atoms with Gasteiger partial charge in [-0.15, -0.1) is 11.6 Å². The maximum absolute atomic E-state index is 12.5. The summed E-state index contributed by atoms with van der Waals surface area (Å²) in [6.07, 6.45) is 2.17. The number of ether oxygens (including phenoxy) is 2. The van der Waals surface area contributed by atoms with Gasteiger partial charge in [-0.2, -0.15) is 0 Å². The van der Waals surface area contributed by atoms with Crippen molar-refractivity contribution in [1.29, 1.82) is 0 Å². The van der Waals surface area contributed by atoms with Crippen molar-refractivity contribution in [3.8, 4) is 22.6 Å². The highest BCUT2D eigenvalue weighted by Crippen LogP contribution is 2.45. The molecule has 3 nitrogen and oxygen atoms in total. The first-order chi connectivity index (χ1) is 16.2. The van der Waals surface area contributed by atoms with Crippen molar-refractivity contribution < 1.29 is 14.3 Å². The number of halogens is 1. The van der Waals surface area contributed by atoms with Crippen LogP contribution in [-0.4, -0.2) is 24.9 Å². The molecule has 4 heteroatoms. The van der Waals surface area contributed by atoms with Crippen LogP contribution in [0, 0.1) is 0 Å². The molecule has 0 aliphatic rings. The number of fused-ring (bicyclic) bond motifs is 2. The monoisotopic (exact) mass is 460 g/mol. The molecule has 0 spiro atoms. The van der Waals surface area contributed by atoms with E-state index in [1.165, 1.54) is 0 Å². The molecule has 33 heavy (non-hydrogen) atoms. The van der Waals surface area contributed by atoms with E-state index in [4.69, 9.17) is 21.1 Å². The van der Waals surface area contributed by atoms with Gasteiger partial charge < -0.3 is 9.47 Å². The Balaban J connectivity index is 2.02. The Kier molecular flexibility index (Phi) is 7.51. The largest absolute Gasteiger partial charge is 0.493 e. The van der Waals surface area contributed by atoms with Gasteiger partial charge in [-0.05, 0) is 52.6 Å². The van der Waals surface area contributed by atoms with Gasteiger partial charge in [0.15, 0.2) is 5.78 Å². The van der Waals surface area contributed by atoms with Gasteiger partial charge in [-0.3, -0.25) is 4.79 Å². The summed E-state index contributed by atoms with van der Waals surface area (Å²) in [6, 6.07) is 22.4. The van der Waals surface area contributed by atoms with Crippen LogP contribution in [0.2, 0.25) is 0 Å². The van der Waals surface area contributed by atoms with Crippen molar-refractivity contribution in [3.05, 3.63) is 72.3 Å². The lowest BCUT2D eigenvalue weighted by atomic mass is 9.91. The Morgan fingerprint density at radius 3 is 2.00 bits per heavy atom. The second-order valence-corrected chi connectivity index (χ2v) is 8.47. The summed E-state index contributed by atoms with van der Waals surface area (Å²) in [5, 5.41) is 4.28. The molecule has 0 atom stereocenters. The Hall–Kier alpha value is -3.04. The molecule has 0 fully saturated rings. The molecule has 0 N–H and O–H groups in total. The molecule has 0 amide bonds. The highest BCUT2D eigenvalue weighted by molar-refractivity contribution is 6.20. The van der Waals surface area contributed by atoms with E-state index in [1.54, 1.807) is 0 Å². The van der Waals surface area contributed by atoms with Crippen LogP contribution in [0.5, 0.6) is 11.5 Å². The molecule has 0 unspecified atom stereocenters. The van der Waals surface area contributed by atoms with Gasteiger partial charge in [-0.1, -0.05) is 62.4 Å². The van der Waals surface area contributed by atoms with E-state index in [0.29, 0.717) is 31.1 Å². The van der Waals surface area contributed by atoms with Crippen molar-refractivity contribution >= 4 is 38.9 Å². The molecule has 4 aromatic carbocycles. The van der Waals surface area contributed by atoms with Gasteiger partial charge in [0, 0.05) is 29.0 Å². The summed E-state index contributed by atoms with van der Waals surface area (Å²) in [4.78, 5) is 12.5. The quantitative estimate of drug-likeness (QED) is 0.177. The molecule has 4 rings (SSSR count). The molecular weight excluding hydrogens is 432 g/mol. The van der Waals surface area contributed by atoms with Crippen LogP contribution in [-0.2, 0) is 0 Å². The molecule has 170 valence electrons. The van der Waals surface area contributed by atoms with E-state index in [9.17, 15) is 4.79 Å². The van der Waals surface area contributed by atoms with Gasteiger partial charge >= 0.3 is 0 Å². The average Bonchev–Trinajstić information content (AvgIpc) is 2.85. The number of rotatable bonds is 10. The fraction of sp³-hybridized carbons (Fsp3) is 0.276. The summed E-state index contributed by atoms with van der Waals surface area (Å²) in [5.74, 6) is 2.03. The Bertz CT molecular complexity index is 1280. The Labute approximate surface area is 200 Å². The number of alkyl halides is 1. The molecule has 0 saturated carbocycles. The third kappa shape index (κ3) is 4.84. The summed E-state index contributed by atoms with van der Waals surface area (Å²) >= 11 is 5.80. The van der Waals surface area contributed by atoms with E-state index >= 15 is 0 Å². The van der Waals surface area contributed by atoms with E-state index in [0.717, 1.165) is 57.0 Å². The highest BCUT2D eigenvalue weighted by atomic mass is 35.5. The van der Waals surface area contributed by atoms with Crippen LogP contribution < -0.4 is 9.47 Å². The molecule has 0 radical (unpaired) electrons. The molecule has 0 aliphatic carbocycles. The van der Waals surface area contributed by atoms with Gasteiger partial charge in [0.05, 0.1) is 13.2 Å². The van der Waals surface area contributed by atoms with E-state index in [2.05, 4.69) is 38.1 Å². The zero-order chi connectivity index (χ0) is 23.2. The fourth-order valence-electron chi connectivity index (χ4n) is 4.15. The number of ketones is 1. The zero-order valence-electron chi connectivity index (χ0n) is 19.2. The minimum Gasteiger partial charge on any atom is -0.493 e. The van der Waals surface area contributed by atoms with Crippen molar-refractivity contribution in [1.82, 2.24) is 0 Å². The van der Waals surface area contributed by atoms with Crippen molar-refractivity contribution in [3.63, 3.8) is 0 Å². The first-order valence-electron chi connectivity index (χ1n) is 11.6. The van der Waals surface area contributed by atoms with E-state index in [-0.39, 0.29) is 5.78 Å². The van der Waals surface area contributed by atoms with Crippen LogP contribution in [0.3, 0.4) is 0 Å². The number of carbonyl (C=O) groups is 1. The van der Waals surface area contributed by atoms with Crippen molar-refractivity contribution in [2.75, 3.05) is 19.1 Å². The lowest BCUT2D eigenvalue weighted by Gasteiger charge is -2.20. The van der Waals surface area contributed by atoms with Crippen LogP contribution in [0.15, 0.2) is 66.7 Å². The van der Waals surface area contributed by atoms with Crippen LogP contribution in [0.1, 0.15) is 43.5 Å². The summed E-state index contributed by atoms with van der Waals surface area (Å²) in [5.41, 5.74) is 2.70. The summed E-state index contributed by atoms with van der Waals surface area (Å²) in [6.45, 7) is 5.47. The normalized spacial score (nSPS) is 11.1. The number of Topliss-reactive ketones (excluding diaryl/α,β-unsaturated/α-hetero) is 1. The van der Waals surface area contributed by atoms with Crippen LogP contribution >= 0.6 is 11.6 Å². The lowest BCUT2D eigenvalue weighted by molar-refractivity contribution is 0.0989. The second-order valence-electron chi connectivity index (χ2n) is 8.09. The summed E-state index contributed by atoms with van der Waals surface area (Å²) < 4.78 is 12.5. The first kappa shape index (κ1) is 23.1. The summed E-state index contributed by atoms with van der Waals surface area (Å²) in [7, 11) is 0. The topological polar surface area (TPSA) is 35.5 Å². The fourth-order valence-corrected chi connectivity index (χ4v) is 4.32. The first-order valence-corrected chi connectivity index (χ1v) is 12.1. The maximum atomic E-state index is 12.5. The van der Waals surface area contributed by atoms with Crippen molar-refractivity contribution in [2.24, 2.45) is 0 Å². The molecule has 0 bridgehead atoms. The second kappa shape index (κ2) is 10.7. The Morgan fingerprint density at radius 2 is 1.36 bits per heavy atom. The maximum Gasteiger partial charge on any atom is 0.164 e. The lowest BCUT2D eigenvalue weighted by Crippen LogP contribution is -2.02.